The maximum atomic E-state index is 14.2. The number of likely N-dealkylation sites (tertiary alicyclic amines) is 1. The van der Waals surface area contributed by atoms with E-state index in [0.29, 0.717) is 38.8 Å². The number of methoxy groups -OCH3 is 1. The Hall–Kier alpha value is -5.33. The first-order valence-corrected chi connectivity index (χ1v) is 26.8. The number of hydrazine groups is 1. The van der Waals surface area contributed by atoms with Crippen LogP contribution in [0.4, 0.5) is 13.2 Å². The molecule has 3 aliphatic heterocycles. The van der Waals surface area contributed by atoms with Gasteiger partial charge in [0.15, 0.2) is 0 Å². The van der Waals surface area contributed by atoms with Crippen molar-refractivity contribution in [1.29, 1.82) is 0 Å². The summed E-state index contributed by atoms with van der Waals surface area (Å²) >= 11 is -1.23. The molecule has 8 atom stereocenters. The Morgan fingerprint density at radius 1 is 1.12 bits per heavy atom. The number of cyclic esters (lactones) is 1. The molecule has 0 saturated carbocycles. The summed E-state index contributed by atoms with van der Waals surface area (Å²) in [6.45, 7) is 15.2. The molecule has 4 aromatic rings. The molecule has 3 unspecified atom stereocenters. The van der Waals surface area contributed by atoms with E-state index in [1.807, 2.05) is 25.1 Å². The van der Waals surface area contributed by atoms with Crippen LogP contribution in [0.3, 0.4) is 0 Å². The van der Waals surface area contributed by atoms with Crippen LogP contribution in [-0.2, 0) is 48.0 Å². The van der Waals surface area contributed by atoms with Gasteiger partial charge in [0.05, 0.1) is 6.10 Å². The zero-order chi connectivity index (χ0) is 52.2. The van der Waals surface area contributed by atoms with Gasteiger partial charge in [0.2, 0.25) is 0 Å². The molecule has 3 aliphatic rings. The van der Waals surface area contributed by atoms with Gasteiger partial charge in [-0.05, 0) is 13.0 Å². The van der Waals surface area contributed by atoms with Crippen molar-refractivity contribution in [3.8, 4) is 32.4 Å². The number of carbonyl (C=O) groups excluding carboxylic acids is 4. The second-order valence-electron chi connectivity index (χ2n) is 20.1. The van der Waals surface area contributed by atoms with E-state index in [0.717, 1.165) is 66.0 Å². The van der Waals surface area contributed by atoms with Crippen molar-refractivity contribution in [2.45, 2.75) is 108 Å². The summed E-state index contributed by atoms with van der Waals surface area (Å²) in [5.74, 6) is -6.94. The summed E-state index contributed by atoms with van der Waals surface area (Å²) in [5.41, 5.74) is 10.7. The zero-order valence-corrected chi connectivity index (χ0v) is 44.3. The van der Waals surface area contributed by atoms with E-state index in [1.54, 1.807) is 32.2 Å². The second kappa shape index (κ2) is 22.8. The monoisotopic (exact) mass is 1110 g/mol. The number of nitrogens with zero attached hydrogens (tertiary/aromatic N) is 5. The summed E-state index contributed by atoms with van der Waals surface area (Å²) in [7, 11) is 2.97. The topological polar surface area (TPSA) is 159 Å². The third-order valence-corrected chi connectivity index (χ3v) is 16.5. The summed E-state index contributed by atoms with van der Waals surface area (Å²) in [6.07, 6.45) is -1.32. The van der Waals surface area contributed by atoms with Crippen LogP contribution in [0.2, 0.25) is 0 Å². The number of aliphatic hydroxyl groups is 1. The zero-order valence-electron chi connectivity index (χ0n) is 42.2. The average molecular weight is 1110 g/mol. The van der Waals surface area contributed by atoms with Crippen molar-refractivity contribution in [2.24, 2.45) is 23.2 Å². The molecule has 14 nitrogen and oxygen atoms in total. The number of aromatic nitrogens is 2. The number of benzene rings is 2. The van der Waals surface area contributed by atoms with E-state index in [1.165, 1.54) is 7.05 Å². The van der Waals surface area contributed by atoms with Crippen LogP contribution in [0.15, 0.2) is 73.4 Å². The van der Waals surface area contributed by atoms with Crippen molar-refractivity contribution >= 4 is 34.6 Å². The van der Waals surface area contributed by atoms with Crippen LogP contribution in [0, 0.1) is 33.1 Å². The molecular formula is C54H66F3IN7O7-. The number of carbonyl (C=O) groups is 4. The van der Waals surface area contributed by atoms with Crippen LogP contribution in [0.5, 0.6) is 0 Å². The van der Waals surface area contributed by atoms with Gasteiger partial charge in [0.1, 0.15) is 0 Å². The van der Waals surface area contributed by atoms with Crippen molar-refractivity contribution in [1.82, 2.24) is 35.1 Å². The molecule has 5 heterocycles. The average Bonchev–Trinajstić information content (AvgIpc) is 3.95. The molecule has 18 heteroatoms. The van der Waals surface area contributed by atoms with Gasteiger partial charge >= 0.3 is 384 Å². The Balaban J connectivity index is 1.21. The van der Waals surface area contributed by atoms with E-state index in [4.69, 9.17) is 14.5 Å². The molecule has 2 fully saturated rings. The van der Waals surface area contributed by atoms with Crippen LogP contribution in [-0.4, -0.2) is 122 Å². The summed E-state index contributed by atoms with van der Waals surface area (Å²) < 4.78 is 59.5. The standard InChI is InChI=1S/C54H66F3IN7O7/c1-10-45(66)63-29-40(41(30-63)54(55,56)57)50(68)62(8)47(32(3)4)49(67)60-23-21-58-42-26-34-15-12-16-35(25-34)36-19-20-44-38(27-36)39(48(64(44)11-2)37-17-13-22-59-46(37)33(5)71-9)28-53(6,7)31-72-52(70)43-18-14-24-65(61-43)51(42)69/h10,12-13,15-17,19-20,22,25,27,32-33,40-43,47,51,61,69H,1,11,14,18,24,26,28-31H2,2-9H3,(H,60,67)/q-1/t33-,40+,41-,42?,43-,47-,51?/m0/s1. The first-order valence-electron chi connectivity index (χ1n) is 24.4. The number of alkyl halides is 4. The van der Waals surface area contributed by atoms with Crippen molar-refractivity contribution in [2.75, 3.05) is 40.4 Å². The number of aryl methyl sites for hydroxylation is 1. The minimum absolute atomic E-state index is 0.141. The van der Waals surface area contributed by atoms with Gasteiger partial charge in [-0.2, -0.15) is 0 Å². The van der Waals surface area contributed by atoms with Crippen LogP contribution < -0.4 is 31.9 Å². The molecule has 3 amide bonds. The van der Waals surface area contributed by atoms with E-state index in [2.05, 4.69) is 89.0 Å². The van der Waals surface area contributed by atoms with Gasteiger partial charge < -0.3 is 4.74 Å². The first kappa shape index (κ1) is 54.4. The fourth-order valence-corrected chi connectivity index (χ4v) is 12.4. The van der Waals surface area contributed by atoms with Gasteiger partial charge in [-0.3, -0.25) is 4.98 Å². The Bertz CT molecular complexity index is 2730. The van der Waals surface area contributed by atoms with E-state index in [-0.39, 0.29) is 12.7 Å². The normalized spacial score (nSPS) is 23.3. The summed E-state index contributed by atoms with van der Waals surface area (Å²) in [5, 5.41) is 17.5. The van der Waals surface area contributed by atoms with Gasteiger partial charge in [-0.15, -0.1) is 0 Å². The number of halogens is 4. The Kier molecular flexibility index (Phi) is 17.3. The molecular weight excluding hydrogens is 1040 g/mol. The number of amides is 3. The number of hydrogen-bond acceptors (Lipinski definition) is 10. The number of esters is 1. The second-order valence-corrected chi connectivity index (χ2v) is 22.8. The summed E-state index contributed by atoms with van der Waals surface area (Å²) in [4.78, 5) is 60.5. The van der Waals surface area contributed by atoms with Gasteiger partial charge in [-0.25, -0.2) is 0 Å². The molecule has 388 valence electrons. The molecule has 3 N–H and O–H groups in total. The number of likely N-dealkylation sites (N-methyl/N-ethyl adjacent to an activating group) is 1. The molecule has 0 spiro atoms. The number of ether oxygens (including phenoxy) is 2. The number of nitrogens with one attached hydrogen (secondary N) is 2. The first-order chi connectivity index (χ1) is 34.2. The summed E-state index contributed by atoms with van der Waals surface area (Å²) in [6, 6.07) is 19.6. The van der Waals surface area contributed by atoms with Gasteiger partial charge in [-0.1, -0.05) is 6.58 Å². The Labute approximate surface area is 430 Å². The minimum atomic E-state index is -4.76. The number of rotatable bonds is 10. The van der Waals surface area contributed by atoms with E-state index < -0.39 is 110 Å². The number of aliphatic hydroxyl groups excluding tert-OH is 1. The van der Waals surface area contributed by atoms with Crippen LogP contribution in [0.1, 0.15) is 77.3 Å². The number of hydrogen-bond donors (Lipinski definition) is 3. The van der Waals surface area contributed by atoms with Gasteiger partial charge in [0, 0.05) is 13.3 Å². The fraction of sp³-hybridized carbons (Fsp3) is 0.500. The fourth-order valence-electron chi connectivity index (χ4n) is 10.3. The molecule has 72 heavy (non-hydrogen) atoms. The van der Waals surface area contributed by atoms with Crippen LogP contribution >= 0.6 is 0 Å². The third kappa shape index (κ3) is 11.9. The van der Waals surface area contributed by atoms with Crippen molar-refractivity contribution in [3.05, 3.63) is 90.3 Å². The molecule has 7 rings (SSSR count). The number of pyridine rings is 1. The SMILES string of the molecule is C=CC(=O)N1C[C@@H](C(=O)N(C)[C@H](C(=O)NC#C[I-]C2Cc3cccc(c3)-c3ccc4c(c3)c(c(-c3cccnc3[C@H](C)OC)n4CC)CC(C)(C)COC(=O)[C@@H]3CCCN(N3)C2O)C(C)C)[C@@H](C(F)(F)F)C1. The Morgan fingerprint density at radius 2 is 1.88 bits per heavy atom. The third-order valence-electron chi connectivity index (χ3n) is 14.0. The molecule has 6 bridgehead atoms. The van der Waals surface area contributed by atoms with Crippen molar-refractivity contribution in [3.63, 3.8) is 0 Å². The van der Waals surface area contributed by atoms with Gasteiger partial charge in [0.25, 0.3) is 0 Å². The van der Waals surface area contributed by atoms with E-state index >= 15 is 0 Å². The maximum absolute atomic E-state index is 14.2. The Morgan fingerprint density at radius 3 is 2.57 bits per heavy atom. The molecule has 2 aromatic heterocycles. The molecule has 2 aromatic carbocycles. The van der Waals surface area contributed by atoms with Crippen LogP contribution in [0.25, 0.3) is 33.3 Å². The quantitative estimate of drug-likeness (QED) is 0.0533. The van der Waals surface area contributed by atoms with E-state index in [9.17, 15) is 37.5 Å². The molecule has 2 saturated heterocycles. The molecule has 0 aliphatic carbocycles. The number of fused-ring (bicyclic) bond motifs is 6. The predicted molar refractivity (Wildman–Crippen MR) is 264 cm³/mol. The predicted octanol–water partition coefficient (Wildman–Crippen LogP) is 3.85. The molecule has 0 radical (unpaired) electrons. The van der Waals surface area contributed by atoms with Crippen molar-refractivity contribution < 1.29 is 68.1 Å².